The number of aliphatic carboxylic acids is 1. The molecule has 106 valence electrons. The molecule has 0 aromatic heterocycles. The average Bonchev–Trinajstić information content (AvgIpc) is 2.62. The van der Waals surface area contributed by atoms with Gasteiger partial charge in [-0.3, -0.25) is 4.79 Å². The van der Waals surface area contributed by atoms with E-state index in [1.807, 2.05) is 0 Å². The lowest BCUT2D eigenvalue weighted by atomic mass is 9.98. The summed E-state index contributed by atoms with van der Waals surface area (Å²) in [4.78, 5) is 11.2. The van der Waals surface area contributed by atoms with Crippen molar-refractivity contribution >= 4 is 5.97 Å². The van der Waals surface area contributed by atoms with Crippen molar-refractivity contribution in [3.05, 3.63) is 0 Å². The van der Waals surface area contributed by atoms with Gasteiger partial charge in [-0.15, -0.1) is 0 Å². The normalized spacial score (nSPS) is 30.4. The van der Waals surface area contributed by atoms with E-state index in [2.05, 4.69) is 5.32 Å². The molecule has 7 heteroatoms. The van der Waals surface area contributed by atoms with E-state index in [9.17, 15) is 18.0 Å². The van der Waals surface area contributed by atoms with Crippen LogP contribution in [0.25, 0.3) is 0 Å². The standard InChI is InChI=1S/C11H18F3NO3/c1-3-15-10(9(16)17)5-4-8(6-10)18-7(2)11(12,13)14/h7-8,15H,3-6H2,1-2H3,(H,16,17). The molecule has 2 N–H and O–H groups in total. The zero-order valence-electron chi connectivity index (χ0n) is 10.4. The molecular weight excluding hydrogens is 251 g/mol. The Morgan fingerprint density at radius 2 is 2.22 bits per heavy atom. The van der Waals surface area contributed by atoms with Crippen LogP contribution in [0, 0.1) is 0 Å². The van der Waals surface area contributed by atoms with E-state index in [1.165, 1.54) is 0 Å². The number of nitrogens with one attached hydrogen (secondary N) is 1. The monoisotopic (exact) mass is 269 g/mol. The van der Waals surface area contributed by atoms with Crippen LogP contribution in [0.3, 0.4) is 0 Å². The summed E-state index contributed by atoms with van der Waals surface area (Å²) in [7, 11) is 0. The predicted octanol–water partition coefficient (Wildman–Crippen LogP) is 1.94. The highest BCUT2D eigenvalue weighted by Gasteiger charge is 2.47. The van der Waals surface area contributed by atoms with Gasteiger partial charge in [0.15, 0.2) is 6.10 Å². The zero-order valence-corrected chi connectivity index (χ0v) is 10.4. The SMILES string of the molecule is CCNC1(C(=O)O)CCC(OC(C)C(F)(F)F)C1. The fraction of sp³-hybridized carbons (Fsp3) is 0.909. The largest absolute Gasteiger partial charge is 0.480 e. The number of carboxylic acids is 1. The molecular formula is C11H18F3NO3. The Balaban J connectivity index is 2.62. The molecule has 0 saturated heterocycles. The molecule has 1 aliphatic rings. The van der Waals surface area contributed by atoms with E-state index in [0.29, 0.717) is 13.0 Å². The van der Waals surface area contributed by atoms with E-state index < -0.39 is 29.9 Å². The van der Waals surface area contributed by atoms with Crippen LogP contribution in [0.2, 0.25) is 0 Å². The molecule has 18 heavy (non-hydrogen) atoms. The van der Waals surface area contributed by atoms with Gasteiger partial charge >= 0.3 is 12.1 Å². The smallest absolute Gasteiger partial charge is 0.414 e. The van der Waals surface area contributed by atoms with Crippen molar-refractivity contribution < 1.29 is 27.8 Å². The molecule has 3 atom stereocenters. The summed E-state index contributed by atoms with van der Waals surface area (Å²) in [5.41, 5.74) is -1.15. The molecule has 4 nitrogen and oxygen atoms in total. The number of ether oxygens (including phenoxy) is 1. The van der Waals surface area contributed by atoms with E-state index >= 15 is 0 Å². The Morgan fingerprint density at radius 3 is 2.67 bits per heavy atom. The highest BCUT2D eigenvalue weighted by molar-refractivity contribution is 5.79. The number of carbonyl (C=O) groups is 1. The Labute approximate surface area is 103 Å². The van der Waals surface area contributed by atoms with Gasteiger partial charge in [-0.05, 0) is 26.3 Å². The highest BCUT2D eigenvalue weighted by atomic mass is 19.4. The summed E-state index contributed by atoms with van der Waals surface area (Å²) < 4.78 is 41.9. The lowest BCUT2D eigenvalue weighted by Gasteiger charge is -2.26. The second kappa shape index (κ2) is 5.44. The lowest BCUT2D eigenvalue weighted by molar-refractivity contribution is -0.226. The van der Waals surface area contributed by atoms with Crippen LogP contribution in [0.1, 0.15) is 33.1 Å². The van der Waals surface area contributed by atoms with Crippen molar-refractivity contribution in [1.82, 2.24) is 5.32 Å². The second-order valence-corrected chi connectivity index (χ2v) is 4.60. The first-order valence-electron chi connectivity index (χ1n) is 5.92. The van der Waals surface area contributed by atoms with Crippen molar-refractivity contribution in [2.45, 2.75) is 57.0 Å². The molecule has 0 heterocycles. The minimum absolute atomic E-state index is 0.0661. The van der Waals surface area contributed by atoms with E-state index in [1.54, 1.807) is 6.92 Å². The van der Waals surface area contributed by atoms with Crippen LogP contribution in [-0.2, 0) is 9.53 Å². The first-order valence-corrected chi connectivity index (χ1v) is 5.92. The van der Waals surface area contributed by atoms with Gasteiger partial charge in [0.2, 0.25) is 0 Å². The van der Waals surface area contributed by atoms with E-state index in [0.717, 1.165) is 6.92 Å². The molecule has 0 spiro atoms. The number of alkyl halides is 3. The molecule has 1 saturated carbocycles. The van der Waals surface area contributed by atoms with Crippen LogP contribution in [0.5, 0.6) is 0 Å². The maximum Gasteiger partial charge on any atom is 0.414 e. The average molecular weight is 269 g/mol. The summed E-state index contributed by atoms with van der Waals surface area (Å²) in [5, 5.41) is 12.0. The molecule has 0 aromatic carbocycles. The van der Waals surface area contributed by atoms with Gasteiger partial charge in [-0.2, -0.15) is 13.2 Å². The molecule has 0 amide bonds. The third kappa shape index (κ3) is 3.35. The zero-order chi connectivity index (χ0) is 14.0. The lowest BCUT2D eigenvalue weighted by Crippen LogP contribution is -2.50. The molecule has 0 bridgehead atoms. The van der Waals surface area contributed by atoms with Crippen LogP contribution in [-0.4, -0.2) is 41.5 Å². The quantitative estimate of drug-likeness (QED) is 0.800. The van der Waals surface area contributed by atoms with Gasteiger partial charge in [-0.1, -0.05) is 6.92 Å². The van der Waals surface area contributed by atoms with Gasteiger partial charge in [0.1, 0.15) is 5.54 Å². The molecule has 1 aliphatic carbocycles. The van der Waals surface area contributed by atoms with Gasteiger partial charge in [0.05, 0.1) is 6.10 Å². The molecule has 0 aliphatic heterocycles. The Bertz CT molecular complexity index is 308. The van der Waals surface area contributed by atoms with Gasteiger partial charge in [-0.25, -0.2) is 0 Å². The fourth-order valence-corrected chi connectivity index (χ4v) is 2.25. The topological polar surface area (TPSA) is 58.6 Å². The van der Waals surface area contributed by atoms with Crippen molar-refractivity contribution in [2.24, 2.45) is 0 Å². The maximum absolute atomic E-state index is 12.3. The van der Waals surface area contributed by atoms with Crippen LogP contribution < -0.4 is 5.32 Å². The van der Waals surface area contributed by atoms with Crippen LogP contribution in [0.15, 0.2) is 0 Å². The molecule has 3 unspecified atom stereocenters. The van der Waals surface area contributed by atoms with Gasteiger partial charge < -0.3 is 15.2 Å². The number of hydrogen-bond donors (Lipinski definition) is 2. The second-order valence-electron chi connectivity index (χ2n) is 4.60. The summed E-state index contributed by atoms with van der Waals surface area (Å²) in [6.07, 6.45) is -6.28. The molecule has 1 rings (SSSR count). The predicted molar refractivity (Wildman–Crippen MR) is 58.3 cm³/mol. The maximum atomic E-state index is 12.3. The highest BCUT2D eigenvalue weighted by Crippen LogP contribution is 2.35. The molecule has 0 aromatic rings. The Morgan fingerprint density at radius 1 is 1.61 bits per heavy atom. The van der Waals surface area contributed by atoms with Crippen molar-refractivity contribution in [3.63, 3.8) is 0 Å². The third-order valence-electron chi connectivity index (χ3n) is 3.25. The Hall–Kier alpha value is -0.820. The molecule has 1 fully saturated rings. The first kappa shape index (κ1) is 15.2. The van der Waals surface area contributed by atoms with Crippen LogP contribution >= 0.6 is 0 Å². The third-order valence-corrected chi connectivity index (χ3v) is 3.25. The molecule has 0 radical (unpaired) electrons. The number of hydrogen-bond acceptors (Lipinski definition) is 3. The van der Waals surface area contributed by atoms with E-state index in [4.69, 9.17) is 9.84 Å². The van der Waals surface area contributed by atoms with Crippen LogP contribution in [0.4, 0.5) is 13.2 Å². The summed E-state index contributed by atoms with van der Waals surface area (Å²) in [6.45, 7) is 3.15. The summed E-state index contributed by atoms with van der Waals surface area (Å²) in [5.74, 6) is -1.03. The number of carboxylic acid groups (broad SMARTS) is 1. The van der Waals surface area contributed by atoms with Crippen molar-refractivity contribution in [1.29, 1.82) is 0 Å². The number of halogens is 3. The minimum Gasteiger partial charge on any atom is -0.480 e. The Kier molecular flexibility index (Phi) is 4.61. The van der Waals surface area contributed by atoms with Gasteiger partial charge in [0, 0.05) is 6.42 Å². The summed E-state index contributed by atoms with van der Waals surface area (Å²) >= 11 is 0. The summed E-state index contributed by atoms with van der Waals surface area (Å²) in [6, 6.07) is 0. The minimum atomic E-state index is -4.41. The first-order chi connectivity index (χ1) is 8.21. The van der Waals surface area contributed by atoms with Gasteiger partial charge in [0.25, 0.3) is 0 Å². The van der Waals surface area contributed by atoms with Crippen molar-refractivity contribution in [2.75, 3.05) is 6.54 Å². The fourth-order valence-electron chi connectivity index (χ4n) is 2.25. The number of likely N-dealkylation sites (N-methyl/N-ethyl adjacent to an activating group) is 1. The van der Waals surface area contributed by atoms with E-state index in [-0.39, 0.29) is 12.8 Å². The number of rotatable bonds is 5. The van der Waals surface area contributed by atoms with Crippen molar-refractivity contribution in [3.8, 4) is 0 Å².